The zero-order valence-electron chi connectivity index (χ0n) is 25.5. The van der Waals surface area contributed by atoms with Crippen LogP contribution in [-0.4, -0.2) is 35.2 Å². The monoisotopic (exact) mass is 575 g/mol. The van der Waals surface area contributed by atoms with Crippen molar-refractivity contribution in [2.75, 3.05) is 18.4 Å². The standard InChI is InChI=1S/C35H46ClN3O2/c1-34(2,3)29-20-25(21-30(32(29)40)35(4,5)6)12-13-26-14-15-27(36)22-31(26)38-33(41)37-28-16-18-39(19-17-28)23-24-10-8-7-9-11-24/h7-11,14-15,20-22,28,40H,12-13,16-19,23H2,1-6H3,(H2,37,38,41). The Morgan fingerprint density at radius 1 is 0.878 bits per heavy atom. The first-order valence-corrected chi connectivity index (χ1v) is 15.2. The molecule has 1 aliphatic rings. The molecule has 3 N–H and O–H groups in total. The van der Waals surface area contributed by atoms with Gasteiger partial charge in [-0.05, 0) is 76.5 Å². The maximum absolute atomic E-state index is 13.0. The summed E-state index contributed by atoms with van der Waals surface area (Å²) in [6.07, 6.45) is 3.37. The largest absolute Gasteiger partial charge is 0.507 e. The molecule has 0 saturated carbocycles. The Balaban J connectivity index is 1.40. The third-order valence-corrected chi connectivity index (χ3v) is 8.20. The van der Waals surface area contributed by atoms with E-state index in [1.54, 1.807) is 0 Å². The minimum absolute atomic E-state index is 0.147. The molecule has 220 valence electrons. The highest BCUT2D eigenvalue weighted by Crippen LogP contribution is 2.40. The van der Waals surface area contributed by atoms with Gasteiger partial charge in [-0.2, -0.15) is 0 Å². The molecule has 0 atom stereocenters. The number of hydrogen-bond acceptors (Lipinski definition) is 3. The number of nitrogens with one attached hydrogen (secondary N) is 2. The number of phenolic OH excluding ortho intramolecular Hbond substituents is 1. The minimum atomic E-state index is -0.190. The molecule has 3 aromatic carbocycles. The van der Waals surface area contributed by atoms with Gasteiger partial charge in [-0.25, -0.2) is 4.79 Å². The van der Waals surface area contributed by atoms with Crippen molar-refractivity contribution in [2.24, 2.45) is 0 Å². The van der Waals surface area contributed by atoms with Crippen LogP contribution in [0.3, 0.4) is 0 Å². The van der Waals surface area contributed by atoms with Crippen molar-refractivity contribution in [2.45, 2.75) is 90.6 Å². The molecule has 1 heterocycles. The van der Waals surface area contributed by atoms with Crippen LogP contribution in [0.5, 0.6) is 5.75 Å². The van der Waals surface area contributed by atoms with E-state index in [4.69, 9.17) is 11.6 Å². The number of piperidine rings is 1. The molecule has 1 aliphatic heterocycles. The lowest BCUT2D eigenvalue weighted by Crippen LogP contribution is -2.45. The molecular weight excluding hydrogens is 530 g/mol. The summed E-state index contributed by atoms with van der Waals surface area (Å²) in [5, 5.41) is 17.9. The molecule has 0 unspecified atom stereocenters. The van der Waals surface area contributed by atoms with Crippen molar-refractivity contribution in [1.82, 2.24) is 10.2 Å². The zero-order valence-corrected chi connectivity index (χ0v) is 26.2. The Morgan fingerprint density at radius 3 is 2.07 bits per heavy atom. The number of aryl methyl sites for hydroxylation is 2. The van der Waals surface area contributed by atoms with E-state index in [-0.39, 0.29) is 22.9 Å². The highest BCUT2D eigenvalue weighted by atomic mass is 35.5. The Hall–Kier alpha value is -3.02. The number of rotatable bonds is 7. The second kappa shape index (κ2) is 12.9. The molecule has 6 heteroatoms. The molecule has 41 heavy (non-hydrogen) atoms. The van der Waals surface area contributed by atoms with E-state index in [9.17, 15) is 9.90 Å². The summed E-state index contributed by atoms with van der Waals surface area (Å²) in [7, 11) is 0. The van der Waals surface area contributed by atoms with Crippen molar-refractivity contribution in [3.63, 3.8) is 0 Å². The van der Waals surface area contributed by atoms with Crippen molar-refractivity contribution in [3.8, 4) is 5.75 Å². The van der Waals surface area contributed by atoms with Crippen LogP contribution in [0.1, 0.15) is 82.2 Å². The van der Waals surface area contributed by atoms with E-state index >= 15 is 0 Å². The van der Waals surface area contributed by atoms with Gasteiger partial charge >= 0.3 is 6.03 Å². The maximum Gasteiger partial charge on any atom is 0.319 e. The number of carbonyl (C=O) groups is 1. The number of amides is 2. The number of likely N-dealkylation sites (tertiary alicyclic amines) is 1. The summed E-state index contributed by atoms with van der Waals surface area (Å²) in [6, 6.07) is 20.4. The van der Waals surface area contributed by atoms with Gasteiger partial charge in [0.15, 0.2) is 0 Å². The Morgan fingerprint density at radius 2 is 1.49 bits per heavy atom. The first-order valence-electron chi connectivity index (χ1n) is 14.8. The van der Waals surface area contributed by atoms with Crippen LogP contribution >= 0.6 is 11.6 Å². The summed E-state index contributed by atoms with van der Waals surface area (Å²) in [5.41, 5.74) is 5.83. The lowest BCUT2D eigenvalue weighted by Gasteiger charge is -2.32. The van der Waals surface area contributed by atoms with Gasteiger partial charge in [0.25, 0.3) is 0 Å². The van der Waals surface area contributed by atoms with E-state index in [0.29, 0.717) is 10.8 Å². The summed E-state index contributed by atoms with van der Waals surface area (Å²) >= 11 is 6.35. The Bertz CT molecular complexity index is 1300. The van der Waals surface area contributed by atoms with Gasteiger partial charge in [0.05, 0.1) is 0 Å². The number of anilines is 1. The summed E-state index contributed by atoms with van der Waals surface area (Å²) < 4.78 is 0. The molecule has 0 aromatic heterocycles. The second-order valence-corrected chi connectivity index (χ2v) is 13.9. The lowest BCUT2D eigenvalue weighted by atomic mass is 9.78. The van der Waals surface area contributed by atoms with Gasteiger partial charge in [-0.1, -0.05) is 102 Å². The first kappa shape index (κ1) is 30.9. The van der Waals surface area contributed by atoms with Crippen LogP contribution in [0.15, 0.2) is 60.7 Å². The van der Waals surface area contributed by atoms with Gasteiger partial charge in [0, 0.05) is 36.4 Å². The number of benzene rings is 3. The van der Waals surface area contributed by atoms with Crippen molar-refractivity contribution >= 4 is 23.3 Å². The average Bonchev–Trinajstić information content (AvgIpc) is 2.89. The predicted octanol–water partition coefficient (Wildman–Crippen LogP) is 8.21. The molecule has 1 saturated heterocycles. The number of aromatic hydroxyl groups is 1. The fraction of sp³-hybridized carbons (Fsp3) is 0.457. The second-order valence-electron chi connectivity index (χ2n) is 13.5. The number of halogens is 1. The predicted molar refractivity (Wildman–Crippen MR) is 171 cm³/mol. The van der Waals surface area contributed by atoms with E-state index in [0.717, 1.165) is 67.7 Å². The maximum atomic E-state index is 13.0. The Kier molecular flexibility index (Phi) is 9.71. The molecule has 0 aliphatic carbocycles. The van der Waals surface area contributed by atoms with Crippen molar-refractivity contribution in [3.05, 3.63) is 93.5 Å². The first-order chi connectivity index (χ1) is 19.3. The van der Waals surface area contributed by atoms with Gasteiger partial charge in [-0.15, -0.1) is 0 Å². The lowest BCUT2D eigenvalue weighted by molar-refractivity contribution is 0.190. The number of phenols is 1. The van der Waals surface area contributed by atoms with Gasteiger partial charge < -0.3 is 15.7 Å². The summed E-state index contributed by atoms with van der Waals surface area (Å²) in [4.78, 5) is 15.5. The third-order valence-electron chi connectivity index (χ3n) is 7.96. The molecule has 0 bridgehead atoms. The molecule has 0 radical (unpaired) electrons. The van der Waals surface area contributed by atoms with E-state index in [1.807, 2.05) is 24.3 Å². The normalized spacial score (nSPS) is 15.1. The Labute approximate surface area is 251 Å². The van der Waals surface area contributed by atoms with Crippen molar-refractivity contribution < 1.29 is 9.90 Å². The highest BCUT2D eigenvalue weighted by Gasteiger charge is 2.27. The summed E-state index contributed by atoms with van der Waals surface area (Å²) in [6.45, 7) is 15.6. The fourth-order valence-corrected chi connectivity index (χ4v) is 5.74. The average molecular weight is 576 g/mol. The quantitative estimate of drug-likeness (QED) is 0.266. The highest BCUT2D eigenvalue weighted by molar-refractivity contribution is 6.31. The zero-order chi connectivity index (χ0) is 29.8. The van der Waals surface area contributed by atoms with Crippen LogP contribution < -0.4 is 10.6 Å². The molecule has 5 nitrogen and oxygen atoms in total. The molecule has 4 rings (SSSR count). The van der Waals surface area contributed by atoms with Crippen molar-refractivity contribution in [1.29, 1.82) is 0 Å². The van der Waals surface area contributed by atoms with Gasteiger partial charge in [-0.3, -0.25) is 4.90 Å². The molecule has 1 fully saturated rings. The number of urea groups is 1. The van der Waals surface area contributed by atoms with Crippen LogP contribution in [0.25, 0.3) is 0 Å². The smallest absolute Gasteiger partial charge is 0.319 e. The van der Waals surface area contributed by atoms with Crippen LogP contribution in [0, 0.1) is 0 Å². The summed E-state index contributed by atoms with van der Waals surface area (Å²) in [5.74, 6) is 0.394. The number of carbonyl (C=O) groups excluding carboxylic acids is 1. The number of nitrogens with zero attached hydrogens (tertiary/aromatic N) is 1. The topological polar surface area (TPSA) is 64.6 Å². The van der Waals surface area contributed by atoms with E-state index < -0.39 is 0 Å². The molecule has 0 spiro atoms. The molecule has 3 aromatic rings. The molecular formula is C35H46ClN3O2. The van der Waals surface area contributed by atoms with Gasteiger partial charge in [0.1, 0.15) is 5.75 Å². The minimum Gasteiger partial charge on any atom is -0.507 e. The number of hydrogen-bond donors (Lipinski definition) is 3. The van der Waals surface area contributed by atoms with E-state index in [2.05, 4.69) is 93.5 Å². The fourth-order valence-electron chi connectivity index (χ4n) is 5.56. The van der Waals surface area contributed by atoms with Gasteiger partial charge in [0.2, 0.25) is 0 Å². The van der Waals surface area contributed by atoms with E-state index in [1.165, 1.54) is 11.1 Å². The van der Waals surface area contributed by atoms with Crippen LogP contribution in [-0.2, 0) is 30.2 Å². The van der Waals surface area contributed by atoms with Crippen LogP contribution in [0.2, 0.25) is 5.02 Å². The molecule has 2 amide bonds. The SMILES string of the molecule is CC(C)(C)c1cc(CCc2ccc(Cl)cc2NC(=O)NC2CCN(Cc3ccccc3)CC2)cc(C(C)(C)C)c1O. The third kappa shape index (κ3) is 8.50. The van der Waals surface area contributed by atoms with Crippen LogP contribution in [0.4, 0.5) is 10.5 Å².